The van der Waals surface area contributed by atoms with Crippen LogP contribution in [0.5, 0.6) is 0 Å². The molecule has 0 spiro atoms. The molecule has 0 aromatic heterocycles. The summed E-state index contributed by atoms with van der Waals surface area (Å²) in [6, 6.07) is 0.174. The number of amides is 1. The minimum Gasteiger partial charge on any atom is -0.340 e. The van der Waals surface area contributed by atoms with Crippen molar-refractivity contribution in [2.24, 2.45) is 0 Å². The Balaban J connectivity index is 1.92. The molecule has 0 saturated carbocycles. The number of rotatable bonds is 3. The van der Waals surface area contributed by atoms with E-state index >= 15 is 0 Å². The molecule has 2 fully saturated rings. The molecule has 2 aliphatic rings. The van der Waals surface area contributed by atoms with Crippen LogP contribution in [0.3, 0.4) is 0 Å². The second kappa shape index (κ2) is 6.36. The van der Waals surface area contributed by atoms with E-state index in [0.29, 0.717) is 5.91 Å². The third kappa shape index (κ3) is 3.19. The van der Waals surface area contributed by atoms with Gasteiger partial charge in [-0.15, -0.1) is 0 Å². The zero-order chi connectivity index (χ0) is 12.1. The molecule has 17 heavy (non-hydrogen) atoms. The molecule has 0 radical (unpaired) electrons. The monoisotopic (exact) mass is 239 g/mol. The van der Waals surface area contributed by atoms with Gasteiger partial charge in [0.15, 0.2) is 0 Å². The zero-order valence-electron chi connectivity index (χ0n) is 11.0. The Bertz CT molecular complexity index is 249. The van der Waals surface area contributed by atoms with E-state index in [9.17, 15) is 4.79 Å². The van der Waals surface area contributed by atoms with Gasteiger partial charge in [-0.25, -0.2) is 0 Å². The summed E-state index contributed by atoms with van der Waals surface area (Å²) in [5.41, 5.74) is 0. The molecule has 98 valence electrons. The van der Waals surface area contributed by atoms with Gasteiger partial charge >= 0.3 is 0 Å². The third-order valence-corrected chi connectivity index (χ3v) is 3.81. The number of hydrogen-bond acceptors (Lipinski definition) is 3. The Hall–Kier alpha value is -0.610. The molecule has 2 aliphatic heterocycles. The van der Waals surface area contributed by atoms with Crippen LogP contribution in [-0.4, -0.2) is 61.0 Å². The van der Waals surface area contributed by atoms with Crippen LogP contribution in [0.1, 0.15) is 32.6 Å². The predicted octanol–water partition coefficient (Wildman–Crippen LogP) is 0.683. The largest absolute Gasteiger partial charge is 0.340 e. The topological polar surface area (TPSA) is 35.6 Å². The van der Waals surface area contributed by atoms with Gasteiger partial charge in [0.1, 0.15) is 0 Å². The Morgan fingerprint density at radius 3 is 2.94 bits per heavy atom. The van der Waals surface area contributed by atoms with Gasteiger partial charge in [0, 0.05) is 19.6 Å². The van der Waals surface area contributed by atoms with Crippen molar-refractivity contribution >= 4 is 5.91 Å². The lowest BCUT2D eigenvalue weighted by atomic mass is 10.2. The average Bonchev–Trinajstić information content (AvgIpc) is 2.63. The SMILES string of the molecule is CCCN1CCCC1C(=O)N1CCCNCC1. The van der Waals surface area contributed by atoms with Crippen molar-refractivity contribution in [2.75, 3.05) is 39.3 Å². The minimum absolute atomic E-state index is 0.174. The fraction of sp³-hybridized carbons (Fsp3) is 0.923. The highest BCUT2D eigenvalue weighted by Crippen LogP contribution is 2.19. The van der Waals surface area contributed by atoms with Crippen LogP contribution in [0.2, 0.25) is 0 Å². The summed E-state index contributed by atoms with van der Waals surface area (Å²) in [7, 11) is 0. The number of hydrogen-bond donors (Lipinski definition) is 1. The molecule has 4 nitrogen and oxygen atoms in total. The van der Waals surface area contributed by atoms with E-state index in [2.05, 4.69) is 22.0 Å². The van der Waals surface area contributed by atoms with Crippen LogP contribution in [-0.2, 0) is 4.79 Å². The van der Waals surface area contributed by atoms with Crippen LogP contribution >= 0.6 is 0 Å². The second-order valence-electron chi connectivity index (χ2n) is 5.12. The quantitative estimate of drug-likeness (QED) is 0.787. The first kappa shape index (κ1) is 12.8. The Morgan fingerprint density at radius 2 is 2.12 bits per heavy atom. The number of likely N-dealkylation sites (tertiary alicyclic amines) is 1. The molecule has 1 unspecified atom stereocenters. The third-order valence-electron chi connectivity index (χ3n) is 3.81. The first-order chi connectivity index (χ1) is 8.33. The summed E-state index contributed by atoms with van der Waals surface area (Å²) in [4.78, 5) is 16.9. The van der Waals surface area contributed by atoms with E-state index in [1.165, 1.54) is 6.42 Å². The van der Waals surface area contributed by atoms with Crippen molar-refractivity contribution in [3.63, 3.8) is 0 Å². The molecule has 2 rings (SSSR count). The van der Waals surface area contributed by atoms with Gasteiger partial charge in [0.05, 0.1) is 6.04 Å². The smallest absolute Gasteiger partial charge is 0.239 e. The van der Waals surface area contributed by atoms with E-state index in [-0.39, 0.29) is 6.04 Å². The molecular formula is C13H25N3O. The number of nitrogens with one attached hydrogen (secondary N) is 1. The summed E-state index contributed by atoms with van der Waals surface area (Å²) in [5.74, 6) is 0.375. The fourth-order valence-corrected chi connectivity index (χ4v) is 2.94. The number of carbonyl (C=O) groups excluding carboxylic acids is 1. The van der Waals surface area contributed by atoms with E-state index < -0.39 is 0 Å². The van der Waals surface area contributed by atoms with Gasteiger partial charge in [-0.05, 0) is 45.3 Å². The van der Waals surface area contributed by atoms with Gasteiger partial charge in [0.2, 0.25) is 5.91 Å². The molecule has 4 heteroatoms. The van der Waals surface area contributed by atoms with Crippen LogP contribution in [0.4, 0.5) is 0 Å². The lowest BCUT2D eigenvalue weighted by Gasteiger charge is -2.29. The molecule has 0 aromatic rings. The van der Waals surface area contributed by atoms with Gasteiger partial charge in [-0.1, -0.05) is 6.92 Å². The Labute approximate surface area is 104 Å². The molecule has 1 atom stereocenters. The molecule has 1 N–H and O–H groups in total. The maximum absolute atomic E-state index is 12.5. The van der Waals surface area contributed by atoms with E-state index in [1.807, 2.05) is 0 Å². The molecule has 0 aliphatic carbocycles. The molecule has 2 saturated heterocycles. The van der Waals surface area contributed by atoms with Crippen LogP contribution < -0.4 is 5.32 Å². The summed E-state index contributed by atoms with van der Waals surface area (Å²) in [5, 5.41) is 3.35. The van der Waals surface area contributed by atoms with Crippen LogP contribution in [0.25, 0.3) is 0 Å². The van der Waals surface area contributed by atoms with Crippen molar-refractivity contribution in [1.82, 2.24) is 15.1 Å². The summed E-state index contributed by atoms with van der Waals surface area (Å²) < 4.78 is 0. The number of carbonyl (C=O) groups is 1. The van der Waals surface area contributed by atoms with Crippen molar-refractivity contribution < 1.29 is 4.79 Å². The average molecular weight is 239 g/mol. The maximum atomic E-state index is 12.5. The van der Waals surface area contributed by atoms with Crippen LogP contribution in [0.15, 0.2) is 0 Å². The van der Waals surface area contributed by atoms with Gasteiger partial charge in [-0.2, -0.15) is 0 Å². The standard InChI is InChI=1S/C13H25N3O/c1-2-8-15-9-3-5-12(15)13(17)16-10-4-6-14-7-11-16/h12,14H,2-11H2,1H3. The highest BCUT2D eigenvalue weighted by molar-refractivity contribution is 5.82. The molecule has 2 heterocycles. The lowest BCUT2D eigenvalue weighted by molar-refractivity contribution is -0.135. The first-order valence-electron chi connectivity index (χ1n) is 7.06. The normalized spacial score (nSPS) is 27.1. The van der Waals surface area contributed by atoms with Crippen molar-refractivity contribution in [3.8, 4) is 0 Å². The summed E-state index contributed by atoms with van der Waals surface area (Å²) >= 11 is 0. The predicted molar refractivity (Wildman–Crippen MR) is 69.0 cm³/mol. The molecule has 0 bridgehead atoms. The summed E-state index contributed by atoms with van der Waals surface area (Å²) in [6.07, 6.45) is 4.48. The molecule has 1 amide bonds. The van der Waals surface area contributed by atoms with Crippen LogP contribution in [0, 0.1) is 0 Å². The van der Waals surface area contributed by atoms with E-state index in [0.717, 1.165) is 58.5 Å². The fourth-order valence-electron chi connectivity index (χ4n) is 2.94. The van der Waals surface area contributed by atoms with Gasteiger partial charge in [-0.3, -0.25) is 9.69 Å². The maximum Gasteiger partial charge on any atom is 0.239 e. The second-order valence-corrected chi connectivity index (χ2v) is 5.12. The molecular weight excluding hydrogens is 214 g/mol. The Kier molecular flexibility index (Phi) is 4.80. The highest BCUT2D eigenvalue weighted by Gasteiger charge is 2.32. The van der Waals surface area contributed by atoms with Gasteiger partial charge in [0.25, 0.3) is 0 Å². The lowest BCUT2D eigenvalue weighted by Crippen LogP contribution is -2.46. The highest BCUT2D eigenvalue weighted by atomic mass is 16.2. The summed E-state index contributed by atoms with van der Waals surface area (Å²) in [6.45, 7) is 8.19. The van der Waals surface area contributed by atoms with Gasteiger partial charge < -0.3 is 10.2 Å². The minimum atomic E-state index is 0.174. The van der Waals surface area contributed by atoms with E-state index in [4.69, 9.17) is 0 Å². The van der Waals surface area contributed by atoms with Crippen molar-refractivity contribution in [1.29, 1.82) is 0 Å². The Morgan fingerprint density at radius 1 is 1.24 bits per heavy atom. The first-order valence-corrected chi connectivity index (χ1v) is 7.06. The van der Waals surface area contributed by atoms with E-state index in [1.54, 1.807) is 0 Å². The van der Waals surface area contributed by atoms with Crippen molar-refractivity contribution in [3.05, 3.63) is 0 Å². The zero-order valence-corrected chi connectivity index (χ0v) is 11.0. The number of nitrogens with zero attached hydrogens (tertiary/aromatic N) is 2. The molecule has 0 aromatic carbocycles. The van der Waals surface area contributed by atoms with Crippen molar-refractivity contribution in [2.45, 2.75) is 38.6 Å².